The topological polar surface area (TPSA) is 84.0 Å². The monoisotopic (exact) mass is 581 g/mol. The second-order valence-corrected chi connectivity index (χ2v) is 9.44. The highest BCUT2D eigenvalue weighted by atomic mass is 35.5. The number of hydrogen-bond donors (Lipinski definition) is 0. The van der Waals surface area contributed by atoms with Gasteiger partial charge < -0.3 is 18.9 Å². The Balaban J connectivity index is 0.000000353. The molecular weight excluding hydrogens is 555 g/mol. The molecule has 7 nitrogen and oxygen atoms in total. The minimum absolute atomic E-state index is 0.0778. The highest BCUT2D eigenvalue weighted by molar-refractivity contribution is 6.35. The molecule has 0 N–H and O–H groups in total. The van der Waals surface area contributed by atoms with Crippen LogP contribution in [0.2, 0.25) is 10.0 Å². The van der Waals surface area contributed by atoms with Gasteiger partial charge in [0.15, 0.2) is 11.5 Å². The third-order valence-electron chi connectivity index (χ3n) is 5.38. The molecule has 11 heteroatoms. The molecule has 4 rings (SSSR count). The Labute approximate surface area is 234 Å². The molecule has 0 spiro atoms. The summed E-state index contributed by atoms with van der Waals surface area (Å²) in [6.07, 6.45) is 4.39. The number of carbonyl (C=O) groups excluding carboxylic acids is 2. The van der Waals surface area contributed by atoms with Gasteiger partial charge in [-0.1, -0.05) is 47.5 Å². The third-order valence-corrected chi connectivity index (χ3v) is 6.03. The molecule has 2 aromatic carbocycles. The molecule has 0 saturated heterocycles. The zero-order valence-corrected chi connectivity index (χ0v) is 22.8. The minimum Gasteiger partial charge on any atom is -0.489 e. The van der Waals surface area contributed by atoms with E-state index in [1.165, 1.54) is 44.4 Å². The number of pyridine rings is 1. The second-order valence-electron chi connectivity index (χ2n) is 8.63. The van der Waals surface area contributed by atoms with E-state index < -0.39 is 18.7 Å². The van der Waals surface area contributed by atoms with Crippen LogP contribution >= 0.6 is 23.2 Å². The van der Waals surface area contributed by atoms with Gasteiger partial charge in [0.25, 0.3) is 0 Å². The Morgan fingerprint density at radius 1 is 0.974 bits per heavy atom. The number of para-hydroxylation sites is 1. The zero-order chi connectivity index (χ0) is 28.4. The number of aromatic nitrogens is 1. The van der Waals surface area contributed by atoms with E-state index in [4.69, 9.17) is 37.4 Å². The van der Waals surface area contributed by atoms with Gasteiger partial charge in [0.05, 0.1) is 16.7 Å². The summed E-state index contributed by atoms with van der Waals surface area (Å²) in [5, 5.41) is 0.662. The van der Waals surface area contributed by atoms with Crippen LogP contribution in [0.4, 0.5) is 8.78 Å². The van der Waals surface area contributed by atoms with E-state index in [9.17, 15) is 18.4 Å². The summed E-state index contributed by atoms with van der Waals surface area (Å²) in [5.41, 5.74) is 1.10. The molecule has 1 fully saturated rings. The van der Waals surface area contributed by atoms with Crippen LogP contribution in [0.15, 0.2) is 60.9 Å². The Kier molecular flexibility index (Phi) is 11.3. The maximum atomic E-state index is 12.7. The van der Waals surface area contributed by atoms with E-state index in [2.05, 4.69) is 9.72 Å². The Morgan fingerprint density at radius 2 is 1.64 bits per heavy atom. The van der Waals surface area contributed by atoms with Crippen LogP contribution in [0, 0.1) is 5.92 Å². The molecule has 1 unspecified atom stereocenters. The van der Waals surface area contributed by atoms with Gasteiger partial charge in [-0.25, -0.2) is 0 Å². The Bertz CT molecular complexity index is 1240. The SMILES string of the molecule is CC(=O)OC(Cc1c(Cl)cncc1Cl)c1ccc(OC(F)F)c(OCC2CC2)c1.CC(=O)Oc1ccccc1. The fourth-order valence-electron chi connectivity index (χ4n) is 3.42. The summed E-state index contributed by atoms with van der Waals surface area (Å²) in [4.78, 5) is 25.9. The fourth-order valence-corrected chi connectivity index (χ4v) is 3.94. The summed E-state index contributed by atoms with van der Waals surface area (Å²) in [7, 11) is 0. The molecule has 39 heavy (non-hydrogen) atoms. The van der Waals surface area contributed by atoms with Crippen LogP contribution in [0.3, 0.4) is 0 Å². The third kappa shape index (κ3) is 10.3. The molecule has 1 aliphatic carbocycles. The van der Waals surface area contributed by atoms with Crippen molar-refractivity contribution in [3.63, 3.8) is 0 Å². The van der Waals surface area contributed by atoms with Gasteiger partial charge in [0.1, 0.15) is 11.9 Å². The van der Waals surface area contributed by atoms with Crippen molar-refractivity contribution >= 4 is 35.1 Å². The summed E-state index contributed by atoms with van der Waals surface area (Å²) >= 11 is 12.4. The normalized spacial score (nSPS) is 13.1. The first-order chi connectivity index (χ1) is 18.6. The van der Waals surface area contributed by atoms with Gasteiger partial charge in [-0.05, 0) is 54.2 Å². The summed E-state index contributed by atoms with van der Waals surface area (Å²) in [6, 6.07) is 13.4. The van der Waals surface area contributed by atoms with E-state index in [0.29, 0.717) is 39.4 Å². The van der Waals surface area contributed by atoms with E-state index >= 15 is 0 Å². The zero-order valence-electron chi connectivity index (χ0n) is 21.2. The number of carbonyl (C=O) groups is 2. The summed E-state index contributed by atoms with van der Waals surface area (Å²) < 4.78 is 45.9. The molecule has 0 radical (unpaired) electrons. The van der Waals surface area contributed by atoms with Crippen molar-refractivity contribution in [2.45, 2.75) is 45.8 Å². The lowest BCUT2D eigenvalue weighted by molar-refractivity contribution is -0.146. The molecular formula is C28H27Cl2F2NO6. The lowest BCUT2D eigenvalue weighted by Crippen LogP contribution is -2.13. The van der Waals surface area contributed by atoms with Crippen molar-refractivity contribution in [3.8, 4) is 17.2 Å². The average Bonchev–Trinajstić information content (AvgIpc) is 3.70. The molecule has 1 aromatic heterocycles. The molecule has 1 heterocycles. The van der Waals surface area contributed by atoms with Crippen molar-refractivity contribution < 1.29 is 37.3 Å². The maximum absolute atomic E-state index is 12.7. The first-order valence-electron chi connectivity index (χ1n) is 12.0. The van der Waals surface area contributed by atoms with Crippen molar-refractivity contribution in [2.75, 3.05) is 6.61 Å². The quantitative estimate of drug-likeness (QED) is 0.184. The molecule has 0 aliphatic heterocycles. The van der Waals surface area contributed by atoms with Gasteiger partial charge >= 0.3 is 18.6 Å². The van der Waals surface area contributed by atoms with E-state index in [1.54, 1.807) is 12.1 Å². The van der Waals surface area contributed by atoms with Crippen molar-refractivity contribution in [3.05, 3.63) is 82.1 Å². The highest BCUT2D eigenvalue weighted by Gasteiger charge is 2.25. The number of alkyl halides is 2. The fraction of sp³-hybridized carbons (Fsp3) is 0.321. The predicted octanol–water partition coefficient (Wildman–Crippen LogP) is 7.24. The molecule has 0 amide bonds. The van der Waals surface area contributed by atoms with Gasteiger partial charge in [0.2, 0.25) is 0 Å². The first-order valence-corrected chi connectivity index (χ1v) is 12.8. The van der Waals surface area contributed by atoms with Crippen LogP contribution in [0.5, 0.6) is 17.2 Å². The van der Waals surface area contributed by atoms with Gasteiger partial charge in [-0.15, -0.1) is 0 Å². The maximum Gasteiger partial charge on any atom is 0.387 e. The Hall–Kier alpha value is -3.43. The van der Waals surface area contributed by atoms with Gasteiger partial charge in [0, 0.05) is 32.7 Å². The largest absolute Gasteiger partial charge is 0.489 e. The van der Waals surface area contributed by atoms with Crippen LogP contribution in [-0.4, -0.2) is 30.1 Å². The molecule has 1 aliphatic rings. The van der Waals surface area contributed by atoms with Crippen LogP contribution in [-0.2, 0) is 20.7 Å². The number of esters is 2. The summed E-state index contributed by atoms with van der Waals surface area (Å²) in [5.74, 6) is 0.298. The van der Waals surface area contributed by atoms with Crippen LogP contribution in [0.25, 0.3) is 0 Å². The Morgan fingerprint density at radius 3 is 2.21 bits per heavy atom. The van der Waals surface area contributed by atoms with E-state index in [0.717, 1.165) is 12.8 Å². The lowest BCUT2D eigenvalue weighted by Gasteiger charge is -2.21. The van der Waals surface area contributed by atoms with Gasteiger partial charge in [-0.2, -0.15) is 8.78 Å². The van der Waals surface area contributed by atoms with Gasteiger partial charge in [-0.3, -0.25) is 14.6 Å². The number of halogens is 4. The number of ether oxygens (including phenoxy) is 4. The second kappa shape index (κ2) is 14.6. The first kappa shape index (κ1) is 30.1. The average molecular weight is 582 g/mol. The molecule has 3 aromatic rings. The smallest absolute Gasteiger partial charge is 0.387 e. The molecule has 208 valence electrons. The van der Waals surface area contributed by atoms with E-state index in [1.807, 2.05) is 18.2 Å². The summed E-state index contributed by atoms with van der Waals surface area (Å²) in [6.45, 7) is 0.0838. The van der Waals surface area contributed by atoms with Crippen molar-refractivity contribution in [1.82, 2.24) is 4.98 Å². The number of rotatable bonds is 10. The molecule has 1 saturated carbocycles. The van der Waals surface area contributed by atoms with Crippen LogP contribution in [0.1, 0.15) is 43.9 Å². The van der Waals surface area contributed by atoms with Crippen molar-refractivity contribution in [1.29, 1.82) is 0 Å². The lowest BCUT2D eigenvalue weighted by atomic mass is 10.0. The standard InChI is InChI=1S/C20H19Cl2F2NO4.C8H8O2/c1-11(26)28-18(7-14-15(21)8-25-9-16(14)22)13-4-5-17(29-20(23)24)19(6-13)27-10-12-2-3-12;1-7(9)10-8-5-3-2-4-6-8/h4-6,8-9,12,18,20H,2-3,7,10H2,1H3;2-6H,1H3. The predicted molar refractivity (Wildman–Crippen MR) is 142 cm³/mol. The van der Waals surface area contributed by atoms with Crippen molar-refractivity contribution in [2.24, 2.45) is 5.92 Å². The number of hydrogen-bond acceptors (Lipinski definition) is 7. The molecule has 0 bridgehead atoms. The number of nitrogens with zero attached hydrogens (tertiary/aromatic N) is 1. The van der Waals surface area contributed by atoms with Crippen LogP contribution < -0.4 is 14.2 Å². The molecule has 1 atom stereocenters. The highest BCUT2D eigenvalue weighted by Crippen LogP contribution is 2.37. The number of benzene rings is 2. The van der Waals surface area contributed by atoms with E-state index in [-0.39, 0.29) is 23.9 Å². The minimum atomic E-state index is -2.98.